The van der Waals surface area contributed by atoms with Gasteiger partial charge in [-0.15, -0.1) is 0 Å². The summed E-state index contributed by atoms with van der Waals surface area (Å²) < 4.78 is 40.5. The molecule has 2 aromatic carbocycles. The predicted octanol–water partition coefficient (Wildman–Crippen LogP) is 6.33. The van der Waals surface area contributed by atoms with Crippen LogP contribution in [0.2, 0.25) is 0 Å². The molecule has 1 N–H and O–H groups in total. The van der Waals surface area contributed by atoms with E-state index in [2.05, 4.69) is 5.32 Å². The molecule has 1 aliphatic heterocycles. The summed E-state index contributed by atoms with van der Waals surface area (Å²) in [5.74, 6) is -1.30. The average molecular weight is 490 g/mol. The number of anilines is 3. The second-order valence-corrected chi connectivity index (χ2v) is 9.34. The first-order chi connectivity index (χ1) is 16.5. The minimum Gasteiger partial charge on any atom is -0.371 e. The Morgan fingerprint density at radius 3 is 2.29 bits per heavy atom. The van der Waals surface area contributed by atoms with E-state index in [0.717, 1.165) is 48.2 Å². The van der Waals surface area contributed by atoms with Crippen molar-refractivity contribution in [2.45, 2.75) is 59.6 Å². The number of para-hydroxylation sites is 1. The SMILES string of the molecule is CCCN(C(=O)C(C)CC(=O)Nc1cc(N2CCCC2)cc(C(F)(F)F)c1)c1c(C)cccc1C. The third-order valence-corrected chi connectivity index (χ3v) is 6.34. The maximum absolute atomic E-state index is 13.5. The molecule has 0 aromatic heterocycles. The highest BCUT2D eigenvalue weighted by molar-refractivity contribution is 6.00. The fraction of sp³-hybridized carbons (Fsp3) is 0.481. The highest BCUT2D eigenvalue weighted by atomic mass is 19.4. The van der Waals surface area contributed by atoms with E-state index in [1.54, 1.807) is 17.9 Å². The van der Waals surface area contributed by atoms with Gasteiger partial charge in [-0.05, 0) is 62.4 Å². The van der Waals surface area contributed by atoms with Crippen LogP contribution in [0.3, 0.4) is 0 Å². The first-order valence-electron chi connectivity index (χ1n) is 12.2. The van der Waals surface area contributed by atoms with Gasteiger partial charge in [-0.1, -0.05) is 32.0 Å². The summed E-state index contributed by atoms with van der Waals surface area (Å²) >= 11 is 0. The lowest BCUT2D eigenvalue weighted by atomic mass is 10.0. The van der Waals surface area contributed by atoms with Crippen LogP contribution in [0.4, 0.5) is 30.2 Å². The topological polar surface area (TPSA) is 52.7 Å². The third kappa shape index (κ3) is 6.55. The van der Waals surface area contributed by atoms with E-state index in [4.69, 9.17) is 0 Å². The van der Waals surface area contributed by atoms with Gasteiger partial charge in [0.2, 0.25) is 11.8 Å². The zero-order valence-electron chi connectivity index (χ0n) is 20.8. The van der Waals surface area contributed by atoms with Crippen LogP contribution in [0.5, 0.6) is 0 Å². The highest BCUT2D eigenvalue weighted by Crippen LogP contribution is 2.35. The number of alkyl halides is 3. The second kappa shape index (κ2) is 11.1. The Morgan fingerprint density at radius 2 is 1.71 bits per heavy atom. The lowest BCUT2D eigenvalue weighted by Gasteiger charge is -2.28. The van der Waals surface area contributed by atoms with Gasteiger partial charge >= 0.3 is 6.18 Å². The number of rotatable bonds is 8. The molecule has 1 heterocycles. The van der Waals surface area contributed by atoms with Crippen molar-refractivity contribution in [3.8, 4) is 0 Å². The van der Waals surface area contributed by atoms with E-state index in [0.29, 0.717) is 25.3 Å². The third-order valence-electron chi connectivity index (χ3n) is 6.34. The van der Waals surface area contributed by atoms with E-state index in [9.17, 15) is 22.8 Å². The molecule has 1 saturated heterocycles. The van der Waals surface area contributed by atoms with Gasteiger partial charge in [0, 0.05) is 49.0 Å². The Labute approximate surface area is 205 Å². The first-order valence-corrected chi connectivity index (χ1v) is 12.2. The fourth-order valence-electron chi connectivity index (χ4n) is 4.64. The Bertz CT molecular complexity index is 1040. The summed E-state index contributed by atoms with van der Waals surface area (Å²) in [4.78, 5) is 29.7. The number of aryl methyl sites for hydroxylation is 2. The lowest BCUT2D eigenvalue weighted by molar-refractivity contribution is -0.137. The van der Waals surface area contributed by atoms with Crippen molar-refractivity contribution in [2.75, 3.05) is 34.8 Å². The van der Waals surface area contributed by atoms with Crippen molar-refractivity contribution in [3.63, 3.8) is 0 Å². The molecule has 5 nitrogen and oxygen atoms in total. The van der Waals surface area contributed by atoms with E-state index >= 15 is 0 Å². The molecule has 0 spiro atoms. The van der Waals surface area contributed by atoms with Gasteiger partial charge in [0.05, 0.1) is 5.56 Å². The Morgan fingerprint density at radius 1 is 1.09 bits per heavy atom. The molecule has 3 rings (SSSR count). The quantitative estimate of drug-likeness (QED) is 0.471. The molecule has 0 radical (unpaired) electrons. The van der Waals surface area contributed by atoms with Crippen LogP contribution in [0.25, 0.3) is 0 Å². The molecular formula is C27H34F3N3O2. The van der Waals surface area contributed by atoms with E-state index in [1.165, 1.54) is 0 Å². The van der Waals surface area contributed by atoms with Gasteiger partial charge in [-0.3, -0.25) is 9.59 Å². The minimum absolute atomic E-state index is 0.0894. The molecule has 2 aromatic rings. The normalized spacial score (nSPS) is 14.7. The summed E-state index contributed by atoms with van der Waals surface area (Å²) in [5.41, 5.74) is 2.53. The standard InChI is InChI=1S/C27H34F3N3O2/c1-5-11-33(25-18(2)9-8-10-19(25)3)26(35)20(4)14-24(34)31-22-15-21(27(28,29)30)16-23(17-22)32-12-6-7-13-32/h8-10,15-17,20H,5-7,11-14H2,1-4H3,(H,31,34). The number of nitrogens with zero attached hydrogens (tertiary/aromatic N) is 2. The van der Waals surface area contributed by atoms with Crippen LogP contribution in [0, 0.1) is 19.8 Å². The molecule has 190 valence electrons. The predicted molar refractivity (Wildman–Crippen MR) is 134 cm³/mol. The summed E-state index contributed by atoms with van der Waals surface area (Å²) in [6.45, 7) is 9.44. The molecule has 1 fully saturated rings. The lowest BCUT2D eigenvalue weighted by Crippen LogP contribution is -2.38. The van der Waals surface area contributed by atoms with Crippen LogP contribution < -0.4 is 15.1 Å². The number of carbonyl (C=O) groups excluding carboxylic acids is 2. The molecule has 0 aliphatic carbocycles. The maximum Gasteiger partial charge on any atom is 0.416 e. The molecule has 2 amide bonds. The Kier molecular flexibility index (Phi) is 8.46. The number of nitrogens with one attached hydrogen (secondary N) is 1. The fourth-order valence-corrected chi connectivity index (χ4v) is 4.64. The van der Waals surface area contributed by atoms with Crippen LogP contribution in [0.1, 0.15) is 56.2 Å². The first kappa shape index (κ1) is 26.6. The van der Waals surface area contributed by atoms with Crippen molar-refractivity contribution < 1.29 is 22.8 Å². The zero-order chi connectivity index (χ0) is 25.8. The molecule has 1 aliphatic rings. The summed E-state index contributed by atoms with van der Waals surface area (Å²) in [6, 6.07) is 9.48. The number of carbonyl (C=O) groups is 2. The van der Waals surface area contributed by atoms with Gasteiger partial charge in [-0.25, -0.2) is 0 Å². The van der Waals surface area contributed by atoms with Gasteiger partial charge in [-0.2, -0.15) is 13.2 Å². The average Bonchev–Trinajstić information content (AvgIpc) is 3.32. The smallest absolute Gasteiger partial charge is 0.371 e. The van der Waals surface area contributed by atoms with Crippen molar-refractivity contribution in [1.82, 2.24) is 0 Å². The molecule has 8 heteroatoms. The van der Waals surface area contributed by atoms with Crippen LogP contribution >= 0.6 is 0 Å². The summed E-state index contributed by atoms with van der Waals surface area (Å²) in [6.07, 6.45) is -2.05. The summed E-state index contributed by atoms with van der Waals surface area (Å²) in [5, 5.41) is 2.60. The van der Waals surface area contributed by atoms with Gasteiger partial charge in [0.1, 0.15) is 0 Å². The van der Waals surface area contributed by atoms with E-state index in [-0.39, 0.29) is 18.0 Å². The Balaban J connectivity index is 1.77. The number of hydrogen-bond donors (Lipinski definition) is 1. The van der Waals surface area contributed by atoms with Crippen molar-refractivity contribution in [2.24, 2.45) is 5.92 Å². The molecule has 0 bridgehead atoms. The minimum atomic E-state index is -4.52. The van der Waals surface area contributed by atoms with Gasteiger partial charge in [0.25, 0.3) is 0 Å². The monoisotopic (exact) mass is 489 g/mol. The van der Waals surface area contributed by atoms with Crippen molar-refractivity contribution in [1.29, 1.82) is 0 Å². The van der Waals surface area contributed by atoms with Crippen LogP contribution in [-0.4, -0.2) is 31.4 Å². The zero-order valence-corrected chi connectivity index (χ0v) is 20.8. The van der Waals surface area contributed by atoms with Crippen molar-refractivity contribution in [3.05, 3.63) is 53.1 Å². The van der Waals surface area contributed by atoms with E-state index in [1.807, 2.05) is 43.9 Å². The molecule has 0 saturated carbocycles. The van der Waals surface area contributed by atoms with Crippen LogP contribution in [-0.2, 0) is 15.8 Å². The number of hydrogen-bond acceptors (Lipinski definition) is 3. The number of benzene rings is 2. The molecular weight excluding hydrogens is 455 g/mol. The largest absolute Gasteiger partial charge is 0.416 e. The highest BCUT2D eigenvalue weighted by Gasteiger charge is 2.32. The second-order valence-electron chi connectivity index (χ2n) is 9.34. The summed E-state index contributed by atoms with van der Waals surface area (Å²) in [7, 11) is 0. The Hall–Kier alpha value is -3.03. The van der Waals surface area contributed by atoms with E-state index < -0.39 is 23.6 Å². The molecule has 1 atom stereocenters. The molecule has 35 heavy (non-hydrogen) atoms. The maximum atomic E-state index is 13.5. The number of amides is 2. The van der Waals surface area contributed by atoms with Crippen molar-refractivity contribution >= 4 is 28.9 Å². The van der Waals surface area contributed by atoms with Gasteiger partial charge in [0.15, 0.2) is 0 Å². The van der Waals surface area contributed by atoms with Crippen LogP contribution in [0.15, 0.2) is 36.4 Å². The molecule has 1 unspecified atom stereocenters. The van der Waals surface area contributed by atoms with Gasteiger partial charge < -0.3 is 15.1 Å². The number of halogens is 3.